The van der Waals surface area contributed by atoms with E-state index in [1.807, 2.05) is 0 Å². The number of fused-ring (bicyclic) bond motifs is 1. The van der Waals surface area contributed by atoms with Crippen LogP contribution in [0.5, 0.6) is 5.75 Å². The molecular weight excluding hydrogens is 240 g/mol. The van der Waals surface area contributed by atoms with E-state index in [-0.39, 0.29) is 12.0 Å². The molecule has 1 aromatic carbocycles. The minimum atomic E-state index is -0.837. The molecule has 0 amide bonds. The highest BCUT2D eigenvalue weighted by molar-refractivity contribution is 7.79. The van der Waals surface area contributed by atoms with Crippen molar-refractivity contribution in [1.82, 2.24) is 0 Å². The van der Waals surface area contributed by atoms with Crippen LogP contribution < -0.4 is 10.2 Å². The van der Waals surface area contributed by atoms with Gasteiger partial charge in [0.05, 0.1) is 6.26 Å². The highest BCUT2D eigenvalue weighted by atomic mass is 32.1. The van der Waals surface area contributed by atoms with Gasteiger partial charge in [0, 0.05) is 11.4 Å². The van der Waals surface area contributed by atoms with E-state index < -0.39 is 6.10 Å². The average molecular weight is 250 g/mol. The molecule has 1 atom stereocenters. The van der Waals surface area contributed by atoms with E-state index >= 15 is 0 Å². The van der Waals surface area contributed by atoms with E-state index in [1.54, 1.807) is 18.2 Å². The summed E-state index contributed by atoms with van der Waals surface area (Å²) in [6.45, 7) is 0.0109. The number of ether oxygens (including phenoxy) is 1. The average Bonchev–Trinajstić information content (AvgIpc) is 2.36. The van der Waals surface area contributed by atoms with Crippen molar-refractivity contribution >= 4 is 28.6 Å². The van der Waals surface area contributed by atoms with Crippen molar-refractivity contribution in [1.29, 1.82) is 0 Å². The van der Waals surface area contributed by atoms with E-state index in [9.17, 15) is 9.90 Å². The third-order valence-corrected chi connectivity index (χ3v) is 2.53. The topological polar surface area (TPSA) is 59.7 Å². The lowest BCUT2D eigenvalue weighted by atomic mass is 10.2. The molecule has 2 rings (SSSR count). The summed E-state index contributed by atoms with van der Waals surface area (Å²) >= 11 is 4.58. The molecule has 1 aromatic heterocycles. The number of aliphatic hydroxyl groups is 1. The fourth-order valence-corrected chi connectivity index (χ4v) is 1.52. The third kappa shape index (κ3) is 2.51. The highest BCUT2D eigenvalue weighted by Crippen LogP contribution is 2.21. The number of thiocarbonyl (C=S) groups is 1. The monoisotopic (exact) mass is 250 g/mol. The Hall–Kier alpha value is -1.72. The van der Waals surface area contributed by atoms with Crippen LogP contribution in [-0.4, -0.2) is 23.2 Å². The Morgan fingerprint density at radius 1 is 1.47 bits per heavy atom. The Labute approximate surface area is 102 Å². The first-order valence-electron chi connectivity index (χ1n) is 4.99. The molecular formula is C12H10O4S. The van der Waals surface area contributed by atoms with Gasteiger partial charge in [-0.25, -0.2) is 0 Å². The fourth-order valence-electron chi connectivity index (χ4n) is 1.44. The lowest BCUT2D eigenvalue weighted by molar-refractivity contribution is 0.164. The van der Waals surface area contributed by atoms with Gasteiger partial charge in [0.1, 0.15) is 29.4 Å². The molecule has 0 aliphatic rings. The smallest absolute Gasteiger partial charge is 0.196 e. The normalized spacial score (nSPS) is 12.3. The van der Waals surface area contributed by atoms with Gasteiger partial charge in [-0.05, 0) is 12.1 Å². The van der Waals surface area contributed by atoms with Crippen molar-refractivity contribution in [2.75, 3.05) is 6.61 Å². The fraction of sp³-hybridized carbons (Fsp3) is 0.167. The quantitative estimate of drug-likeness (QED) is 0.834. The molecule has 0 saturated carbocycles. The van der Waals surface area contributed by atoms with Gasteiger partial charge in [-0.3, -0.25) is 4.79 Å². The SMILES string of the molecule is O=c1ccoc2cccc(OCC(O)C=S)c12. The molecule has 0 radical (unpaired) electrons. The molecule has 1 N–H and O–H groups in total. The Morgan fingerprint density at radius 3 is 3.06 bits per heavy atom. The Morgan fingerprint density at radius 2 is 2.29 bits per heavy atom. The van der Waals surface area contributed by atoms with Crippen molar-refractivity contribution in [2.24, 2.45) is 0 Å². The highest BCUT2D eigenvalue weighted by Gasteiger charge is 2.08. The van der Waals surface area contributed by atoms with Crippen LogP contribution in [0.4, 0.5) is 0 Å². The van der Waals surface area contributed by atoms with Gasteiger partial charge in [-0.15, -0.1) is 0 Å². The lowest BCUT2D eigenvalue weighted by Crippen LogP contribution is -2.18. The van der Waals surface area contributed by atoms with E-state index in [0.29, 0.717) is 16.7 Å². The summed E-state index contributed by atoms with van der Waals surface area (Å²) in [6, 6.07) is 6.36. The van der Waals surface area contributed by atoms with Crippen LogP contribution in [0.1, 0.15) is 0 Å². The second kappa shape index (κ2) is 5.07. The van der Waals surface area contributed by atoms with Crippen LogP contribution in [0.3, 0.4) is 0 Å². The third-order valence-electron chi connectivity index (χ3n) is 2.22. The number of aliphatic hydroxyl groups excluding tert-OH is 1. The number of hydrogen-bond donors (Lipinski definition) is 1. The molecule has 1 heterocycles. The second-order valence-corrected chi connectivity index (χ2v) is 3.70. The van der Waals surface area contributed by atoms with Gasteiger partial charge in [-0.1, -0.05) is 18.3 Å². The van der Waals surface area contributed by atoms with Crippen LogP contribution in [-0.2, 0) is 0 Å². The zero-order valence-electron chi connectivity index (χ0n) is 8.83. The van der Waals surface area contributed by atoms with Gasteiger partial charge in [-0.2, -0.15) is 0 Å². The van der Waals surface area contributed by atoms with E-state index in [2.05, 4.69) is 12.2 Å². The van der Waals surface area contributed by atoms with Gasteiger partial charge in [0.25, 0.3) is 0 Å². The molecule has 0 aliphatic heterocycles. The Balaban J connectivity index is 2.40. The van der Waals surface area contributed by atoms with Gasteiger partial charge in [0.15, 0.2) is 5.43 Å². The minimum absolute atomic E-state index is 0.0109. The van der Waals surface area contributed by atoms with Crippen LogP contribution in [0.15, 0.2) is 39.7 Å². The van der Waals surface area contributed by atoms with Crippen molar-refractivity contribution in [3.05, 3.63) is 40.8 Å². The Kier molecular flexibility index (Phi) is 3.51. The summed E-state index contributed by atoms with van der Waals surface area (Å²) in [7, 11) is 0. The van der Waals surface area contributed by atoms with E-state index in [1.165, 1.54) is 17.7 Å². The molecule has 0 saturated heterocycles. The van der Waals surface area contributed by atoms with Gasteiger partial charge in [0.2, 0.25) is 0 Å². The molecule has 2 aromatic rings. The Bertz CT molecular complexity index is 585. The molecule has 88 valence electrons. The van der Waals surface area contributed by atoms with E-state index in [4.69, 9.17) is 9.15 Å². The summed E-state index contributed by atoms with van der Waals surface area (Å²) < 4.78 is 10.5. The zero-order valence-corrected chi connectivity index (χ0v) is 9.65. The number of rotatable bonds is 4. The molecule has 17 heavy (non-hydrogen) atoms. The van der Waals surface area contributed by atoms with Crippen molar-refractivity contribution in [2.45, 2.75) is 6.10 Å². The summed E-state index contributed by atoms with van der Waals surface area (Å²) in [6.07, 6.45) is 0.497. The second-order valence-electron chi connectivity index (χ2n) is 3.43. The van der Waals surface area contributed by atoms with Crippen LogP contribution in [0, 0.1) is 0 Å². The summed E-state index contributed by atoms with van der Waals surface area (Å²) in [5.41, 5.74) is 0.269. The maximum atomic E-state index is 11.7. The van der Waals surface area contributed by atoms with E-state index in [0.717, 1.165) is 0 Å². The maximum Gasteiger partial charge on any atom is 0.196 e. The standard InChI is InChI=1S/C12H10O4S/c13-8(7-17)6-16-11-3-1-2-10-12(11)9(14)4-5-15-10/h1-5,7-8,13H,6H2. The summed E-state index contributed by atoms with van der Waals surface area (Å²) in [5, 5.41) is 10.8. The number of benzene rings is 1. The van der Waals surface area contributed by atoms with Crippen LogP contribution in [0.2, 0.25) is 0 Å². The molecule has 5 heteroatoms. The molecule has 0 bridgehead atoms. The van der Waals surface area contributed by atoms with Crippen LogP contribution in [0.25, 0.3) is 11.0 Å². The zero-order chi connectivity index (χ0) is 12.3. The predicted molar refractivity (Wildman–Crippen MR) is 67.6 cm³/mol. The maximum absolute atomic E-state index is 11.7. The molecule has 1 unspecified atom stereocenters. The van der Waals surface area contributed by atoms with Gasteiger partial charge < -0.3 is 14.3 Å². The largest absolute Gasteiger partial charge is 0.490 e. The molecule has 0 spiro atoms. The number of hydrogen-bond acceptors (Lipinski definition) is 5. The van der Waals surface area contributed by atoms with Crippen molar-refractivity contribution in [3.8, 4) is 5.75 Å². The van der Waals surface area contributed by atoms with Crippen molar-refractivity contribution in [3.63, 3.8) is 0 Å². The van der Waals surface area contributed by atoms with Crippen LogP contribution >= 0.6 is 12.2 Å². The summed E-state index contributed by atoms with van der Waals surface area (Å²) in [4.78, 5) is 11.7. The first kappa shape index (κ1) is 11.8. The predicted octanol–water partition coefficient (Wildman–Crippen LogP) is 1.53. The molecule has 0 fully saturated rings. The molecule has 4 nitrogen and oxygen atoms in total. The minimum Gasteiger partial charge on any atom is -0.490 e. The summed E-state index contributed by atoms with van der Waals surface area (Å²) in [5.74, 6) is 0.382. The molecule has 0 aliphatic carbocycles. The lowest BCUT2D eigenvalue weighted by Gasteiger charge is -2.09. The van der Waals surface area contributed by atoms with Gasteiger partial charge >= 0.3 is 0 Å². The van der Waals surface area contributed by atoms with Crippen molar-refractivity contribution < 1.29 is 14.3 Å². The first-order valence-corrected chi connectivity index (χ1v) is 5.46. The first-order chi connectivity index (χ1) is 8.22.